The summed E-state index contributed by atoms with van der Waals surface area (Å²) >= 11 is 0. The predicted molar refractivity (Wildman–Crippen MR) is 80.8 cm³/mol. The van der Waals surface area contributed by atoms with Crippen LogP contribution in [0.15, 0.2) is 0 Å². The fraction of sp³-hybridized carbons (Fsp3) is 1.00. The number of hydrogen-bond acceptors (Lipinski definition) is 2. The molecule has 0 N–H and O–H groups in total. The Bertz CT molecular complexity index is 258. The predicted octanol–water partition coefficient (Wildman–Crippen LogP) is 4.73. The summed E-state index contributed by atoms with van der Waals surface area (Å²) in [5, 5.41) is 0. The van der Waals surface area contributed by atoms with E-state index in [1.807, 2.05) is 0 Å². The summed E-state index contributed by atoms with van der Waals surface area (Å²) in [6.07, 6.45) is 12.5. The highest BCUT2D eigenvalue weighted by Gasteiger charge is 2.09. The summed E-state index contributed by atoms with van der Waals surface area (Å²) in [6.45, 7) is 4.37. The molecule has 0 radical (unpaired) electrons. The van der Waals surface area contributed by atoms with E-state index in [1.165, 1.54) is 44.9 Å². The molecule has 0 unspecified atom stereocenters. The van der Waals surface area contributed by atoms with Crippen molar-refractivity contribution in [2.24, 2.45) is 0 Å². The first-order chi connectivity index (χ1) is 8.62. The van der Waals surface area contributed by atoms with Gasteiger partial charge in [-0.05, 0) is 12.8 Å². The fourth-order valence-corrected chi connectivity index (χ4v) is 3.62. The quantitative estimate of drug-likeness (QED) is 0.456. The van der Waals surface area contributed by atoms with E-state index < -0.39 is 9.84 Å². The summed E-state index contributed by atoms with van der Waals surface area (Å²) in [6, 6.07) is 0. The van der Waals surface area contributed by atoms with Gasteiger partial charge < -0.3 is 0 Å². The van der Waals surface area contributed by atoms with Crippen LogP contribution in [0.1, 0.15) is 84.5 Å². The average Bonchev–Trinajstić information content (AvgIpc) is 2.33. The van der Waals surface area contributed by atoms with E-state index in [9.17, 15) is 8.42 Å². The molecular formula is C15H32O2S. The van der Waals surface area contributed by atoms with E-state index >= 15 is 0 Å². The third kappa shape index (κ3) is 12.4. The molecule has 18 heavy (non-hydrogen) atoms. The van der Waals surface area contributed by atoms with Crippen LogP contribution in [0.25, 0.3) is 0 Å². The molecule has 0 saturated carbocycles. The Kier molecular flexibility index (Phi) is 12.0. The Labute approximate surface area is 114 Å². The fourth-order valence-electron chi connectivity index (χ4n) is 2.13. The standard InChI is InChI=1S/C15H32O2S/c1-3-5-7-9-11-13-15-18(16,17)14-12-10-8-6-4-2/h3-15H2,1-2H3. The molecule has 3 heteroatoms. The average molecular weight is 276 g/mol. The Morgan fingerprint density at radius 3 is 1.28 bits per heavy atom. The molecule has 0 fully saturated rings. The van der Waals surface area contributed by atoms with Crippen LogP contribution in [-0.2, 0) is 9.84 Å². The third-order valence-corrected chi connectivity index (χ3v) is 5.19. The van der Waals surface area contributed by atoms with Gasteiger partial charge >= 0.3 is 0 Å². The summed E-state index contributed by atoms with van der Waals surface area (Å²) in [5.41, 5.74) is 0. The molecule has 0 aromatic heterocycles. The Hall–Kier alpha value is -0.0500. The number of unbranched alkanes of at least 4 members (excludes halogenated alkanes) is 9. The van der Waals surface area contributed by atoms with Crippen LogP contribution in [0.2, 0.25) is 0 Å². The van der Waals surface area contributed by atoms with Crippen LogP contribution in [0.3, 0.4) is 0 Å². The van der Waals surface area contributed by atoms with Gasteiger partial charge in [0.1, 0.15) is 9.84 Å². The molecule has 0 amide bonds. The molecule has 0 rings (SSSR count). The Morgan fingerprint density at radius 1 is 0.556 bits per heavy atom. The Balaban J connectivity index is 3.43. The van der Waals surface area contributed by atoms with Gasteiger partial charge in [-0.2, -0.15) is 0 Å². The molecule has 0 spiro atoms. The van der Waals surface area contributed by atoms with Crippen molar-refractivity contribution in [1.29, 1.82) is 0 Å². The molecule has 0 aliphatic carbocycles. The maximum Gasteiger partial charge on any atom is 0.150 e. The SMILES string of the molecule is CCCCCCCCS(=O)(=O)CCCCCCC. The highest BCUT2D eigenvalue weighted by Crippen LogP contribution is 2.09. The molecule has 0 aliphatic rings. The van der Waals surface area contributed by atoms with Gasteiger partial charge in [-0.1, -0.05) is 71.6 Å². The van der Waals surface area contributed by atoms with Crippen LogP contribution < -0.4 is 0 Å². The van der Waals surface area contributed by atoms with Crippen molar-refractivity contribution in [2.75, 3.05) is 11.5 Å². The molecule has 0 heterocycles. The van der Waals surface area contributed by atoms with E-state index in [0.717, 1.165) is 25.7 Å². The van der Waals surface area contributed by atoms with E-state index in [2.05, 4.69) is 13.8 Å². The van der Waals surface area contributed by atoms with Gasteiger partial charge in [-0.3, -0.25) is 0 Å². The number of sulfone groups is 1. The summed E-state index contributed by atoms with van der Waals surface area (Å²) < 4.78 is 23.5. The molecule has 2 nitrogen and oxygen atoms in total. The normalized spacial score (nSPS) is 11.9. The van der Waals surface area contributed by atoms with Gasteiger partial charge in [0.25, 0.3) is 0 Å². The first-order valence-electron chi connectivity index (χ1n) is 7.82. The first-order valence-corrected chi connectivity index (χ1v) is 9.65. The second-order valence-electron chi connectivity index (χ2n) is 5.33. The molecule has 110 valence electrons. The molecule has 0 aliphatic heterocycles. The zero-order chi connectivity index (χ0) is 13.7. The van der Waals surface area contributed by atoms with Gasteiger partial charge in [-0.25, -0.2) is 8.42 Å². The zero-order valence-electron chi connectivity index (χ0n) is 12.4. The Morgan fingerprint density at radius 2 is 0.889 bits per heavy atom. The maximum absolute atomic E-state index is 11.8. The highest BCUT2D eigenvalue weighted by molar-refractivity contribution is 7.91. The van der Waals surface area contributed by atoms with E-state index in [4.69, 9.17) is 0 Å². The monoisotopic (exact) mass is 276 g/mol. The van der Waals surface area contributed by atoms with Gasteiger partial charge in [0.2, 0.25) is 0 Å². The van der Waals surface area contributed by atoms with Gasteiger partial charge in [0.15, 0.2) is 0 Å². The zero-order valence-corrected chi connectivity index (χ0v) is 13.2. The van der Waals surface area contributed by atoms with Crippen LogP contribution in [-0.4, -0.2) is 19.9 Å². The minimum absolute atomic E-state index is 0.408. The van der Waals surface area contributed by atoms with E-state index in [1.54, 1.807) is 0 Å². The molecule has 0 bridgehead atoms. The number of hydrogen-bond donors (Lipinski definition) is 0. The lowest BCUT2D eigenvalue weighted by Gasteiger charge is -2.04. The lowest BCUT2D eigenvalue weighted by molar-refractivity contribution is 0.576. The third-order valence-electron chi connectivity index (χ3n) is 3.37. The van der Waals surface area contributed by atoms with Gasteiger partial charge in [0.05, 0.1) is 11.5 Å². The van der Waals surface area contributed by atoms with Crippen LogP contribution >= 0.6 is 0 Å². The second-order valence-corrected chi connectivity index (χ2v) is 7.64. The molecule has 0 aromatic rings. The van der Waals surface area contributed by atoms with Crippen molar-refractivity contribution in [3.8, 4) is 0 Å². The minimum Gasteiger partial charge on any atom is -0.229 e. The summed E-state index contributed by atoms with van der Waals surface area (Å²) in [5.74, 6) is 0.818. The van der Waals surface area contributed by atoms with Crippen molar-refractivity contribution in [3.63, 3.8) is 0 Å². The van der Waals surface area contributed by atoms with Crippen molar-refractivity contribution >= 4 is 9.84 Å². The van der Waals surface area contributed by atoms with Crippen LogP contribution in [0.5, 0.6) is 0 Å². The highest BCUT2D eigenvalue weighted by atomic mass is 32.2. The number of rotatable bonds is 13. The molecule has 0 aromatic carbocycles. The molecular weight excluding hydrogens is 244 g/mol. The van der Waals surface area contributed by atoms with Crippen LogP contribution in [0.4, 0.5) is 0 Å². The largest absolute Gasteiger partial charge is 0.229 e. The van der Waals surface area contributed by atoms with Gasteiger partial charge in [0, 0.05) is 0 Å². The van der Waals surface area contributed by atoms with Gasteiger partial charge in [-0.15, -0.1) is 0 Å². The molecule has 0 atom stereocenters. The van der Waals surface area contributed by atoms with Crippen molar-refractivity contribution < 1.29 is 8.42 Å². The first kappa shape index (κ1) is 17.9. The smallest absolute Gasteiger partial charge is 0.150 e. The van der Waals surface area contributed by atoms with E-state index in [0.29, 0.717) is 11.5 Å². The van der Waals surface area contributed by atoms with Crippen molar-refractivity contribution in [3.05, 3.63) is 0 Å². The lowest BCUT2D eigenvalue weighted by atomic mass is 10.1. The summed E-state index contributed by atoms with van der Waals surface area (Å²) in [7, 11) is -2.76. The molecule has 0 saturated heterocycles. The maximum atomic E-state index is 11.8. The minimum atomic E-state index is -2.76. The topological polar surface area (TPSA) is 34.1 Å². The second kappa shape index (κ2) is 12.0. The summed E-state index contributed by atoms with van der Waals surface area (Å²) in [4.78, 5) is 0. The van der Waals surface area contributed by atoms with Crippen molar-refractivity contribution in [2.45, 2.75) is 84.5 Å². The van der Waals surface area contributed by atoms with Crippen LogP contribution in [0, 0.1) is 0 Å². The van der Waals surface area contributed by atoms with E-state index in [-0.39, 0.29) is 0 Å². The van der Waals surface area contributed by atoms with Crippen molar-refractivity contribution in [1.82, 2.24) is 0 Å². The lowest BCUT2D eigenvalue weighted by Crippen LogP contribution is -2.11.